The van der Waals surface area contributed by atoms with E-state index in [1.165, 1.54) is 32.1 Å². The molecule has 0 aliphatic heterocycles. The topological polar surface area (TPSA) is 39.7 Å². The molecule has 1 aliphatic rings. The molecule has 0 unspecified atom stereocenters. The number of methoxy groups -OCH3 is 2. The molecule has 0 aromatic rings. The molecule has 0 atom stereocenters. The first kappa shape index (κ1) is 16.9. The van der Waals surface area contributed by atoms with Gasteiger partial charge in [-0.3, -0.25) is 0 Å². The van der Waals surface area contributed by atoms with Crippen LogP contribution >= 0.6 is 0 Å². The molecule has 0 saturated heterocycles. The summed E-state index contributed by atoms with van der Waals surface area (Å²) in [4.78, 5) is 0. The fourth-order valence-corrected chi connectivity index (χ4v) is 2.86. The fourth-order valence-electron chi connectivity index (χ4n) is 2.86. The first-order valence-electron chi connectivity index (χ1n) is 7.59. The second-order valence-electron chi connectivity index (χ2n) is 5.59. The maximum absolute atomic E-state index is 5.72. The molecular formula is C15H31NO3. The highest BCUT2D eigenvalue weighted by atomic mass is 16.5. The highest BCUT2D eigenvalue weighted by molar-refractivity contribution is 4.86. The second-order valence-corrected chi connectivity index (χ2v) is 5.59. The molecule has 1 aliphatic carbocycles. The van der Waals surface area contributed by atoms with Gasteiger partial charge < -0.3 is 19.5 Å². The van der Waals surface area contributed by atoms with E-state index in [0.717, 1.165) is 45.9 Å². The lowest BCUT2D eigenvalue weighted by molar-refractivity contribution is 0.0757. The van der Waals surface area contributed by atoms with Crippen LogP contribution < -0.4 is 5.32 Å². The number of hydrogen-bond acceptors (Lipinski definition) is 4. The van der Waals surface area contributed by atoms with Crippen LogP contribution in [-0.4, -0.2) is 53.7 Å². The smallest absolute Gasteiger partial charge is 0.0587 e. The summed E-state index contributed by atoms with van der Waals surface area (Å²) in [5.41, 5.74) is 0.467. The van der Waals surface area contributed by atoms with Crippen LogP contribution in [0.1, 0.15) is 38.5 Å². The van der Waals surface area contributed by atoms with E-state index in [1.54, 1.807) is 14.2 Å². The van der Waals surface area contributed by atoms with Crippen molar-refractivity contribution in [1.82, 2.24) is 5.32 Å². The highest BCUT2D eigenvalue weighted by Gasteiger charge is 2.32. The van der Waals surface area contributed by atoms with Crippen molar-refractivity contribution in [3.05, 3.63) is 0 Å². The minimum absolute atomic E-state index is 0.467. The quantitative estimate of drug-likeness (QED) is 0.554. The van der Waals surface area contributed by atoms with Crippen LogP contribution in [0.25, 0.3) is 0 Å². The second kappa shape index (κ2) is 10.6. The number of hydrogen-bond donors (Lipinski definition) is 1. The molecular weight excluding hydrogens is 242 g/mol. The zero-order valence-corrected chi connectivity index (χ0v) is 12.7. The van der Waals surface area contributed by atoms with Crippen molar-refractivity contribution in [2.24, 2.45) is 5.41 Å². The summed E-state index contributed by atoms with van der Waals surface area (Å²) in [5.74, 6) is 0. The van der Waals surface area contributed by atoms with Gasteiger partial charge in [0.05, 0.1) is 6.61 Å². The van der Waals surface area contributed by atoms with Crippen molar-refractivity contribution in [3.63, 3.8) is 0 Å². The van der Waals surface area contributed by atoms with Crippen LogP contribution in [-0.2, 0) is 14.2 Å². The molecule has 0 bridgehead atoms. The van der Waals surface area contributed by atoms with Crippen molar-refractivity contribution >= 4 is 0 Å². The maximum atomic E-state index is 5.72. The Morgan fingerprint density at radius 1 is 0.947 bits per heavy atom. The number of rotatable bonds is 12. The molecule has 0 aromatic heterocycles. The minimum atomic E-state index is 0.467. The Bertz CT molecular complexity index is 206. The van der Waals surface area contributed by atoms with Gasteiger partial charge in [-0.05, 0) is 31.1 Å². The Kier molecular flexibility index (Phi) is 9.43. The van der Waals surface area contributed by atoms with Crippen molar-refractivity contribution in [2.75, 3.05) is 53.7 Å². The zero-order chi connectivity index (χ0) is 13.8. The van der Waals surface area contributed by atoms with E-state index < -0.39 is 0 Å². The molecule has 1 rings (SSSR count). The summed E-state index contributed by atoms with van der Waals surface area (Å²) in [6.07, 6.45) is 7.60. The lowest BCUT2D eigenvalue weighted by Gasteiger charge is -2.29. The lowest BCUT2D eigenvalue weighted by atomic mass is 9.83. The fraction of sp³-hybridized carbons (Fsp3) is 1.00. The van der Waals surface area contributed by atoms with Crippen molar-refractivity contribution < 1.29 is 14.2 Å². The lowest BCUT2D eigenvalue weighted by Crippen LogP contribution is -2.34. The van der Waals surface area contributed by atoms with E-state index in [4.69, 9.17) is 14.2 Å². The zero-order valence-electron chi connectivity index (χ0n) is 12.7. The van der Waals surface area contributed by atoms with Crippen LogP contribution in [0.4, 0.5) is 0 Å². The third-order valence-electron chi connectivity index (χ3n) is 4.06. The van der Waals surface area contributed by atoms with Gasteiger partial charge >= 0.3 is 0 Å². The molecule has 0 heterocycles. The first-order valence-corrected chi connectivity index (χ1v) is 7.59. The Morgan fingerprint density at radius 2 is 1.68 bits per heavy atom. The van der Waals surface area contributed by atoms with Crippen LogP contribution in [0.15, 0.2) is 0 Å². The van der Waals surface area contributed by atoms with Gasteiger partial charge in [-0.15, -0.1) is 0 Å². The van der Waals surface area contributed by atoms with Crippen LogP contribution in [0.5, 0.6) is 0 Å². The molecule has 1 N–H and O–H groups in total. The molecule has 4 nitrogen and oxygen atoms in total. The summed E-state index contributed by atoms with van der Waals surface area (Å²) in [7, 11) is 3.49. The molecule has 0 radical (unpaired) electrons. The molecule has 1 saturated carbocycles. The van der Waals surface area contributed by atoms with E-state index in [1.807, 2.05) is 0 Å². The van der Waals surface area contributed by atoms with E-state index in [9.17, 15) is 0 Å². The Balaban J connectivity index is 2.12. The predicted octanol–water partition coefficient (Wildman–Crippen LogP) is 2.23. The highest BCUT2D eigenvalue weighted by Crippen LogP contribution is 2.40. The Labute approximate surface area is 118 Å². The number of nitrogens with one attached hydrogen (secondary N) is 1. The standard InChI is InChI=1S/C15H31NO3/c1-17-10-5-11-19-12-8-15(6-3-4-7-15)14-16-9-13-18-2/h16H,3-14H2,1-2H3. The molecule has 0 amide bonds. The SMILES string of the molecule is COCCCOCCC1(CNCCOC)CCCC1. The van der Waals surface area contributed by atoms with Crippen molar-refractivity contribution in [1.29, 1.82) is 0 Å². The largest absolute Gasteiger partial charge is 0.385 e. The Morgan fingerprint density at radius 3 is 2.37 bits per heavy atom. The summed E-state index contributed by atoms with van der Waals surface area (Å²) < 4.78 is 15.8. The van der Waals surface area contributed by atoms with Gasteiger partial charge in [-0.25, -0.2) is 0 Å². The van der Waals surface area contributed by atoms with Crippen molar-refractivity contribution in [2.45, 2.75) is 38.5 Å². The van der Waals surface area contributed by atoms with Gasteiger partial charge in [0.15, 0.2) is 0 Å². The minimum Gasteiger partial charge on any atom is -0.385 e. The van der Waals surface area contributed by atoms with Gasteiger partial charge in [0, 0.05) is 47.1 Å². The summed E-state index contributed by atoms with van der Waals surface area (Å²) in [6, 6.07) is 0. The average Bonchev–Trinajstić information content (AvgIpc) is 2.88. The van der Waals surface area contributed by atoms with Crippen LogP contribution in [0.2, 0.25) is 0 Å². The molecule has 1 fully saturated rings. The van der Waals surface area contributed by atoms with Gasteiger partial charge in [0.1, 0.15) is 0 Å². The van der Waals surface area contributed by atoms with E-state index in [0.29, 0.717) is 5.41 Å². The van der Waals surface area contributed by atoms with E-state index in [-0.39, 0.29) is 0 Å². The van der Waals surface area contributed by atoms with Gasteiger partial charge in [-0.2, -0.15) is 0 Å². The summed E-state index contributed by atoms with van der Waals surface area (Å²) in [5, 5.41) is 3.53. The third kappa shape index (κ3) is 7.25. The third-order valence-corrected chi connectivity index (χ3v) is 4.06. The molecule has 0 aromatic carbocycles. The predicted molar refractivity (Wildman–Crippen MR) is 77.6 cm³/mol. The first-order chi connectivity index (χ1) is 9.33. The van der Waals surface area contributed by atoms with Crippen LogP contribution in [0.3, 0.4) is 0 Å². The van der Waals surface area contributed by atoms with Gasteiger partial charge in [0.2, 0.25) is 0 Å². The number of ether oxygens (including phenoxy) is 3. The molecule has 0 spiro atoms. The monoisotopic (exact) mass is 273 g/mol. The maximum Gasteiger partial charge on any atom is 0.0587 e. The van der Waals surface area contributed by atoms with Gasteiger partial charge in [-0.1, -0.05) is 12.8 Å². The molecule has 19 heavy (non-hydrogen) atoms. The normalized spacial score (nSPS) is 18.0. The van der Waals surface area contributed by atoms with Crippen LogP contribution in [0, 0.1) is 5.41 Å². The van der Waals surface area contributed by atoms with Crippen molar-refractivity contribution in [3.8, 4) is 0 Å². The summed E-state index contributed by atoms with van der Waals surface area (Å²) >= 11 is 0. The molecule has 4 heteroatoms. The summed E-state index contributed by atoms with van der Waals surface area (Å²) in [6.45, 7) is 5.36. The van der Waals surface area contributed by atoms with E-state index >= 15 is 0 Å². The van der Waals surface area contributed by atoms with E-state index in [2.05, 4.69) is 5.32 Å². The van der Waals surface area contributed by atoms with Gasteiger partial charge in [0.25, 0.3) is 0 Å². The molecule has 114 valence electrons. The average molecular weight is 273 g/mol. The Hall–Kier alpha value is -0.160.